The molecule has 0 aromatic heterocycles. The summed E-state index contributed by atoms with van der Waals surface area (Å²) in [6.07, 6.45) is 1.47. The standard InChI is InChI=1S/C16H18N2O2/c1-4-15(5-2)13-8-11(17-3)6-7-12(13)16(9-20-10-16)18-14(15)19/h6-8H,4-5,9-10H2,1-2H3,(H,18,19). The summed E-state index contributed by atoms with van der Waals surface area (Å²) in [4.78, 5) is 16.2. The average molecular weight is 270 g/mol. The van der Waals surface area contributed by atoms with Crippen LogP contribution >= 0.6 is 0 Å². The highest BCUT2D eigenvalue weighted by Crippen LogP contribution is 2.46. The lowest BCUT2D eigenvalue weighted by molar-refractivity contribution is -0.143. The molecular formula is C16H18N2O2. The van der Waals surface area contributed by atoms with E-state index >= 15 is 0 Å². The van der Waals surface area contributed by atoms with Crippen molar-refractivity contribution in [3.63, 3.8) is 0 Å². The van der Waals surface area contributed by atoms with Crippen LogP contribution in [0, 0.1) is 6.57 Å². The summed E-state index contributed by atoms with van der Waals surface area (Å²) >= 11 is 0. The van der Waals surface area contributed by atoms with Gasteiger partial charge in [0.2, 0.25) is 5.91 Å². The van der Waals surface area contributed by atoms with Gasteiger partial charge in [0.25, 0.3) is 0 Å². The van der Waals surface area contributed by atoms with Crippen molar-refractivity contribution in [1.29, 1.82) is 0 Å². The number of amides is 1. The Bertz CT molecular complexity index is 607. The molecule has 1 spiro atoms. The van der Waals surface area contributed by atoms with Crippen LogP contribution in [-0.2, 0) is 20.5 Å². The van der Waals surface area contributed by atoms with Crippen LogP contribution in [0.4, 0.5) is 5.69 Å². The molecule has 0 unspecified atom stereocenters. The van der Waals surface area contributed by atoms with Gasteiger partial charge in [-0.1, -0.05) is 32.0 Å². The van der Waals surface area contributed by atoms with E-state index in [1.807, 2.05) is 32.0 Å². The molecule has 4 heteroatoms. The monoisotopic (exact) mass is 270 g/mol. The molecule has 1 saturated heterocycles. The van der Waals surface area contributed by atoms with E-state index in [9.17, 15) is 4.79 Å². The van der Waals surface area contributed by atoms with Crippen molar-refractivity contribution in [3.8, 4) is 0 Å². The number of nitrogens with one attached hydrogen (secondary N) is 1. The molecule has 1 amide bonds. The third kappa shape index (κ3) is 1.47. The van der Waals surface area contributed by atoms with Crippen molar-refractivity contribution in [2.75, 3.05) is 13.2 Å². The lowest BCUT2D eigenvalue weighted by Crippen LogP contribution is -2.66. The fourth-order valence-electron chi connectivity index (χ4n) is 3.43. The van der Waals surface area contributed by atoms with Crippen molar-refractivity contribution in [2.24, 2.45) is 0 Å². The van der Waals surface area contributed by atoms with Crippen LogP contribution < -0.4 is 5.32 Å². The van der Waals surface area contributed by atoms with Crippen LogP contribution in [0.25, 0.3) is 4.85 Å². The molecule has 2 aliphatic rings. The number of hydrogen-bond acceptors (Lipinski definition) is 2. The Morgan fingerprint density at radius 1 is 1.30 bits per heavy atom. The maximum atomic E-state index is 12.7. The number of carbonyl (C=O) groups is 1. The van der Waals surface area contributed by atoms with Gasteiger partial charge in [0.15, 0.2) is 5.69 Å². The van der Waals surface area contributed by atoms with Crippen molar-refractivity contribution >= 4 is 11.6 Å². The van der Waals surface area contributed by atoms with E-state index in [2.05, 4.69) is 10.2 Å². The smallest absolute Gasteiger partial charge is 0.231 e. The van der Waals surface area contributed by atoms with E-state index in [1.165, 1.54) is 0 Å². The first kappa shape index (κ1) is 13.1. The summed E-state index contributed by atoms with van der Waals surface area (Å²) in [5.41, 5.74) is 1.85. The third-order valence-corrected chi connectivity index (χ3v) is 4.85. The van der Waals surface area contributed by atoms with Gasteiger partial charge in [0.1, 0.15) is 5.54 Å². The Balaban J connectivity index is 2.26. The van der Waals surface area contributed by atoms with Crippen molar-refractivity contribution < 1.29 is 9.53 Å². The van der Waals surface area contributed by atoms with Crippen LogP contribution in [0.2, 0.25) is 0 Å². The molecule has 3 rings (SSSR count). The zero-order valence-electron chi connectivity index (χ0n) is 11.8. The van der Waals surface area contributed by atoms with Crippen LogP contribution in [0.5, 0.6) is 0 Å². The maximum Gasteiger partial charge on any atom is 0.231 e. The minimum Gasteiger partial charge on any atom is -0.376 e. The first-order valence-corrected chi connectivity index (χ1v) is 7.05. The normalized spacial score (nSPS) is 21.6. The molecule has 1 aromatic rings. The number of fused-ring (bicyclic) bond motifs is 2. The van der Waals surface area contributed by atoms with E-state index in [1.54, 1.807) is 0 Å². The van der Waals surface area contributed by atoms with Gasteiger partial charge in [-0.05, 0) is 24.0 Å². The zero-order valence-corrected chi connectivity index (χ0v) is 11.8. The molecule has 1 fully saturated rings. The second kappa shape index (κ2) is 4.32. The summed E-state index contributed by atoms with van der Waals surface area (Å²) in [5, 5.41) is 3.17. The highest BCUT2D eigenvalue weighted by atomic mass is 16.5. The Kier molecular flexibility index (Phi) is 2.84. The van der Waals surface area contributed by atoms with Crippen LogP contribution in [-0.4, -0.2) is 19.1 Å². The Labute approximate surface area is 118 Å². The van der Waals surface area contributed by atoms with E-state index in [4.69, 9.17) is 11.3 Å². The predicted octanol–water partition coefficient (Wildman–Crippen LogP) is 2.65. The van der Waals surface area contributed by atoms with E-state index in [-0.39, 0.29) is 11.4 Å². The van der Waals surface area contributed by atoms with E-state index in [0.717, 1.165) is 24.0 Å². The van der Waals surface area contributed by atoms with Crippen molar-refractivity contribution in [1.82, 2.24) is 5.32 Å². The summed E-state index contributed by atoms with van der Waals surface area (Å²) in [6.45, 7) is 12.3. The summed E-state index contributed by atoms with van der Waals surface area (Å²) in [5.74, 6) is 0.0698. The lowest BCUT2D eigenvalue weighted by atomic mass is 9.65. The predicted molar refractivity (Wildman–Crippen MR) is 75.6 cm³/mol. The van der Waals surface area contributed by atoms with Crippen molar-refractivity contribution in [2.45, 2.75) is 37.6 Å². The number of nitrogens with zero attached hydrogens (tertiary/aromatic N) is 1. The van der Waals surface area contributed by atoms with Crippen LogP contribution in [0.15, 0.2) is 18.2 Å². The molecule has 104 valence electrons. The fourth-order valence-corrected chi connectivity index (χ4v) is 3.43. The molecule has 1 aromatic carbocycles. The summed E-state index contributed by atoms with van der Waals surface area (Å²) in [7, 11) is 0. The number of ether oxygens (including phenoxy) is 1. The van der Waals surface area contributed by atoms with Gasteiger partial charge in [-0.15, -0.1) is 0 Å². The Hall–Kier alpha value is -1.86. The minimum absolute atomic E-state index is 0.0698. The average Bonchev–Trinajstić information content (AvgIpc) is 2.44. The quantitative estimate of drug-likeness (QED) is 0.839. The first-order valence-electron chi connectivity index (χ1n) is 7.05. The molecule has 2 aliphatic heterocycles. The SMILES string of the molecule is [C-]#[N+]c1ccc2c(c1)C(CC)(CC)C(=O)NC21COC1. The van der Waals surface area contributed by atoms with Gasteiger partial charge >= 0.3 is 0 Å². The fraction of sp³-hybridized carbons (Fsp3) is 0.500. The van der Waals surface area contributed by atoms with Gasteiger partial charge in [0, 0.05) is 0 Å². The molecule has 2 heterocycles. The lowest BCUT2D eigenvalue weighted by Gasteiger charge is -2.51. The molecule has 1 N–H and O–H groups in total. The Morgan fingerprint density at radius 3 is 2.50 bits per heavy atom. The second-order valence-corrected chi connectivity index (χ2v) is 5.66. The molecule has 0 bridgehead atoms. The second-order valence-electron chi connectivity index (χ2n) is 5.66. The maximum absolute atomic E-state index is 12.7. The highest BCUT2D eigenvalue weighted by Gasteiger charge is 2.53. The Morgan fingerprint density at radius 2 is 2.00 bits per heavy atom. The molecule has 0 atom stereocenters. The van der Waals surface area contributed by atoms with Gasteiger partial charge in [-0.3, -0.25) is 4.79 Å². The molecule has 4 nitrogen and oxygen atoms in total. The third-order valence-electron chi connectivity index (χ3n) is 4.85. The molecule has 20 heavy (non-hydrogen) atoms. The van der Waals surface area contributed by atoms with Gasteiger partial charge in [-0.2, -0.15) is 0 Å². The van der Waals surface area contributed by atoms with Crippen LogP contribution in [0.3, 0.4) is 0 Å². The first-order chi connectivity index (χ1) is 9.62. The number of rotatable bonds is 2. The van der Waals surface area contributed by atoms with Gasteiger partial charge in [0.05, 0.1) is 25.2 Å². The van der Waals surface area contributed by atoms with Gasteiger partial charge < -0.3 is 10.1 Å². The largest absolute Gasteiger partial charge is 0.376 e. The topological polar surface area (TPSA) is 42.7 Å². The summed E-state index contributed by atoms with van der Waals surface area (Å²) in [6, 6.07) is 5.72. The zero-order chi connectivity index (χ0) is 14.4. The molecule has 0 saturated carbocycles. The highest BCUT2D eigenvalue weighted by molar-refractivity contribution is 5.92. The van der Waals surface area contributed by atoms with Gasteiger partial charge in [-0.25, -0.2) is 4.85 Å². The molecular weight excluding hydrogens is 252 g/mol. The van der Waals surface area contributed by atoms with E-state index < -0.39 is 5.41 Å². The number of hydrogen-bond donors (Lipinski definition) is 1. The van der Waals surface area contributed by atoms with Crippen molar-refractivity contribution in [3.05, 3.63) is 40.7 Å². The van der Waals surface area contributed by atoms with E-state index in [0.29, 0.717) is 18.9 Å². The molecule has 0 radical (unpaired) electrons. The summed E-state index contributed by atoms with van der Waals surface area (Å²) < 4.78 is 5.34. The minimum atomic E-state index is -0.517. The van der Waals surface area contributed by atoms with Crippen LogP contribution in [0.1, 0.15) is 37.8 Å². The number of benzene rings is 1. The number of carbonyl (C=O) groups excluding carboxylic acids is 1. The molecule has 0 aliphatic carbocycles.